The van der Waals surface area contributed by atoms with Crippen LogP contribution in [0.3, 0.4) is 0 Å². The van der Waals surface area contributed by atoms with Gasteiger partial charge in [0, 0.05) is 36.8 Å². The lowest BCUT2D eigenvalue weighted by atomic mass is 10.0. The Hall–Kier alpha value is -2.54. The number of nitrogens with two attached hydrogens (primary N) is 1. The molecule has 0 spiro atoms. The summed E-state index contributed by atoms with van der Waals surface area (Å²) in [7, 11) is 5.79. The molecule has 166 valence electrons. The molecule has 7 heteroatoms. The highest BCUT2D eigenvalue weighted by molar-refractivity contribution is 5.51. The minimum Gasteiger partial charge on any atom is -0.496 e. The van der Waals surface area contributed by atoms with Gasteiger partial charge < -0.3 is 25.4 Å². The Morgan fingerprint density at radius 2 is 1.93 bits per heavy atom. The maximum absolute atomic E-state index is 6.27. The van der Waals surface area contributed by atoms with Crippen LogP contribution in [0.5, 0.6) is 11.5 Å². The van der Waals surface area contributed by atoms with Gasteiger partial charge in [-0.15, -0.1) is 0 Å². The van der Waals surface area contributed by atoms with Crippen molar-refractivity contribution in [2.75, 3.05) is 52.0 Å². The highest BCUT2D eigenvalue weighted by Crippen LogP contribution is 2.29. The third-order valence-corrected chi connectivity index (χ3v) is 4.95. The topological polar surface area (TPSA) is 85.5 Å². The first-order valence-electron chi connectivity index (χ1n) is 10.8. The van der Waals surface area contributed by atoms with E-state index >= 15 is 0 Å². The molecule has 7 nitrogen and oxygen atoms in total. The van der Waals surface area contributed by atoms with Crippen LogP contribution in [0.15, 0.2) is 18.2 Å². The monoisotopic (exact) mass is 415 g/mol. The van der Waals surface area contributed by atoms with E-state index in [1.165, 1.54) is 12.8 Å². The van der Waals surface area contributed by atoms with Gasteiger partial charge in [0.25, 0.3) is 0 Å². The summed E-state index contributed by atoms with van der Waals surface area (Å²) >= 11 is 0. The van der Waals surface area contributed by atoms with Gasteiger partial charge in [-0.1, -0.05) is 25.8 Å². The van der Waals surface area contributed by atoms with Crippen molar-refractivity contribution in [3.8, 4) is 11.5 Å². The van der Waals surface area contributed by atoms with Gasteiger partial charge in [0.2, 0.25) is 5.95 Å². The minimum absolute atomic E-state index is 0.506. The van der Waals surface area contributed by atoms with Crippen LogP contribution in [-0.2, 0) is 6.42 Å². The molecule has 1 aromatic heterocycles. The van der Waals surface area contributed by atoms with Crippen LogP contribution in [0.25, 0.3) is 0 Å². The Balaban J connectivity index is 2.05. The summed E-state index contributed by atoms with van der Waals surface area (Å²) in [5.41, 5.74) is 9.10. The quantitative estimate of drug-likeness (QED) is 0.480. The molecule has 0 aliphatic heterocycles. The summed E-state index contributed by atoms with van der Waals surface area (Å²) in [6.07, 6.45) is 5.06. The number of aromatic nitrogens is 2. The largest absolute Gasteiger partial charge is 0.496 e. The molecule has 0 aliphatic rings. The Bertz CT molecular complexity index is 772. The fourth-order valence-electron chi connectivity index (χ4n) is 3.21. The van der Waals surface area contributed by atoms with Gasteiger partial charge in [-0.3, -0.25) is 0 Å². The van der Waals surface area contributed by atoms with E-state index in [1.54, 1.807) is 7.11 Å². The Morgan fingerprint density at radius 3 is 2.60 bits per heavy atom. The number of aryl methyl sites for hydroxylation is 1. The van der Waals surface area contributed by atoms with E-state index < -0.39 is 0 Å². The fourth-order valence-corrected chi connectivity index (χ4v) is 3.21. The molecular formula is C23H37N5O2. The van der Waals surface area contributed by atoms with Crippen molar-refractivity contribution in [3.63, 3.8) is 0 Å². The highest BCUT2D eigenvalue weighted by atomic mass is 16.5. The van der Waals surface area contributed by atoms with E-state index in [9.17, 15) is 0 Å². The maximum atomic E-state index is 6.27. The van der Waals surface area contributed by atoms with E-state index in [2.05, 4.69) is 41.2 Å². The Labute approximate surface area is 181 Å². The second kappa shape index (κ2) is 12.2. The summed E-state index contributed by atoms with van der Waals surface area (Å²) in [5.74, 6) is 2.69. The lowest BCUT2D eigenvalue weighted by molar-refractivity contribution is 0.280. The predicted molar refractivity (Wildman–Crippen MR) is 124 cm³/mol. The molecule has 2 aromatic rings. The van der Waals surface area contributed by atoms with Gasteiger partial charge in [0.05, 0.1) is 13.7 Å². The van der Waals surface area contributed by atoms with E-state index in [-0.39, 0.29) is 0 Å². The second-order valence-electron chi connectivity index (χ2n) is 7.79. The molecule has 30 heavy (non-hydrogen) atoms. The van der Waals surface area contributed by atoms with Crippen LogP contribution < -0.4 is 20.5 Å². The van der Waals surface area contributed by atoms with Gasteiger partial charge in [-0.2, -0.15) is 4.98 Å². The van der Waals surface area contributed by atoms with Crippen LogP contribution in [0.1, 0.15) is 49.4 Å². The molecule has 0 fully saturated rings. The summed E-state index contributed by atoms with van der Waals surface area (Å²) in [6.45, 7) is 6.69. The summed E-state index contributed by atoms with van der Waals surface area (Å²) in [4.78, 5) is 11.2. The number of ether oxygens (including phenoxy) is 2. The number of unbranched alkanes of at least 4 members (excludes halogenated alkanes) is 2. The van der Waals surface area contributed by atoms with Crippen LogP contribution in [-0.4, -0.2) is 55.8 Å². The zero-order valence-electron chi connectivity index (χ0n) is 19.1. The molecule has 3 N–H and O–H groups in total. The van der Waals surface area contributed by atoms with Gasteiger partial charge >= 0.3 is 0 Å². The van der Waals surface area contributed by atoms with Crippen molar-refractivity contribution in [2.45, 2.75) is 46.0 Å². The highest BCUT2D eigenvalue weighted by Gasteiger charge is 2.13. The van der Waals surface area contributed by atoms with E-state index in [1.807, 2.05) is 25.1 Å². The normalized spacial score (nSPS) is 11.0. The molecule has 0 amide bonds. The van der Waals surface area contributed by atoms with E-state index in [0.717, 1.165) is 54.3 Å². The van der Waals surface area contributed by atoms with Crippen molar-refractivity contribution in [2.24, 2.45) is 0 Å². The summed E-state index contributed by atoms with van der Waals surface area (Å²) in [6, 6.07) is 5.93. The van der Waals surface area contributed by atoms with Crippen molar-refractivity contribution in [1.82, 2.24) is 14.9 Å². The first-order valence-corrected chi connectivity index (χ1v) is 10.8. The average Bonchev–Trinajstić information content (AvgIpc) is 2.71. The minimum atomic E-state index is 0.506. The third-order valence-electron chi connectivity index (χ3n) is 4.95. The van der Waals surface area contributed by atoms with E-state index in [4.69, 9.17) is 15.2 Å². The fraction of sp³-hybridized carbons (Fsp3) is 0.565. The standard InChI is InChI=1S/C23H37N5O2/c1-6-7-8-12-25-23-26-17(2)20(22(24)27-23)15-18-10-11-19(16-21(18)29-5)30-14-9-13-28(3)4/h10-11,16H,6-9,12-15H2,1-5H3,(H3,24,25,26,27). The molecule has 1 aromatic carbocycles. The Kier molecular flexibility index (Phi) is 9.67. The molecule has 0 radical (unpaired) electrons. The third kappa shape index (κ3) is 7.37. The SMILES string of the molecule is CCCCCNc1nc(C)c(Cc2ccc(OCCCN(C)C)cc2OC)c(N)n1. The number of hydrogen-bond donors (Lipinski definition) is 2. The number of methoxy groups -OCH3 is 1. The lowest BCUT2D eigenvalue weighted by Gasteiger charge is -2.15. The maximum Gasteiger partial charge on any atom is 0.224 e. The zero-order valence-corrected chi connectivity index (χ0v) is 19.1. The number of rotatable bonds is 13. The summed E-state index contributed by atoms with van der Waals surface area (Å²) < 4.78 is 11.5. The molecule has 0 atom stereocenters. The number of nitrogens with zero attached hydrogens (tertiary/aromatic N) is 3. The first-order chi connectivity index (χ1) is 14.4. The lowest BCUT2D eigenvalue weighted by Crippen LogP contribution is -2.15. The van der Waals surface area contributed by atoms with E-state index in [0.29, 0.717) is 24.8 Å². The molecule has 2 rings (SSSR count). The van der Waals surface area contributed by atoms with Gasteiger partial charge in [0.1, 0.15) is 17.3 Å². The number of benzene rings is 1. The van der Waals surface area contributed by atoms with Gasteiger partial charge in [-0.25, -0.2) is 4.98 Å². The molecule has 1 heterocycles. The molecule has 0 bridgehead atoms. The number of nitrogens with one attached hydrogen (secondary N) is 1. The number of anilines is 2. The molecule has 0 saturated carbocycles. The van der Waals surface area contributed by atoms with Crippen LogP contribution >= 0.6 is 0 Å². The molecule has 0 unspecified atom stereocenters. The van der Waals surface area contributed by atoms with Crippen molar-refractivity contribution in [1.29, 1.82) is 0 Å². The molecular weight excluding hydrogens is 378 g/mol. The Morgan fingerprint density at radius 1 is 1.13 bits per heavy atom. The zero-order chi connectivity index (χ0) is 21.9. The van der Waals surface area contributed by atoms with Crippen LogP contribution in [0.4, 0.5) is 11.8 Å². The summed E-state index contributed by atoms with van der Waals surface area (Å²) in [5, 5.41) is 3.27. The van der Waals surface area contributed by atoms with Gasteiger partial charge in [0.15, 0.2) is 0 Å². The van der Waals surface area contributed by atoms with Crippen molar-refractivity contribution < 1.29 is 9.47 Å². The van der Waals surface area contributed by atoms with Crippen molar-refractivity contribution in [3.05, 3.63) is 35.0 Å². The number of nitrogen functional groups attached to an aromatic ring is 1. The predicted octanol–water partition coefficient (Wildman–Crippen LogP) is 3.90. The van der Waals surface area contributed by atoms with Gasteiger partial charge in [-0.05, 0) is 45.5 Å². The average molecular weight is 416 g/mol. The van der Waals surface area contributed by atoms with Crippen LogP contribution in [0.2, 0.25) is 0 Å². The smallest absolute Gasteiger partial charge is 0.224 e. The molecule has 0 saturated heterocycles. The molecule has 0 aliphatic carbocycles. The first kappa shape index (κ1) is 23.7. The number of hydrogen-bond acceptors (Lipinski definition) is 7. The van der Waals surface area contributed by atoms with Crippen molar-refractivity contribution >= 4 is 11.8 Å². The second-order valence-corrected chi connectivity index (χ2v) is 7.79. The van der Waals surface area contributed by atoms with Crippen LogP contribution in [0, 0.1) is 6.92 Å².